The Morgan fingerprint density at radius 1 is 1.08 bits per heavy atom. The standard InChI is InChI=1S/C21H23FN2O2/c1-14(2)23-20(25)19-13-24(21(26)15-7-4-3-5-8-15)12-18(19)16-9-6-10-17(22)11-16/h3-11,14,18-19H,12-13H2,1-2H3,(H,23,25)/t18-,19+/m0/s1. The number of rotatable bonds is 4. The molecular formula is C21H23FN2O2. The molecule has 2 aromatic carbocycles. The van der Waals surface area contributed by atoms with Crippen molar-refractivity contribution in [3.05, 3.63) is 71.5 Å². The molecule has 0 radical (unpaired) electrons. The molecule has 4 nitrogen and oxygen atoms in total. The summed E-state index contributed by atoms with van der Waals surface area (Å²) in [5.74, 6) is -1.16. The van der Waals surface area contributed by atoms with Crippen LogP contribution in [0.1, 0.15) is 35.7 Å². The summed E-state index contributed by atoms with van der Waals surface area (Å²) in [5, 5.41) is 2.93. The van der Waals surface area contributed by atoms with Crippen LogP contribution in [-0.4, -0.2) is 35.8 Å². The lowest BCUT2D eigenvalue weighted by Crippen LogP contribution is -2.39. The van der Waals surface area contributed by atoms with Crippen LogP contribution in [0.4, 0.5) is 4.39 Å². The summed E-state index contributed by atoms with van der Waals surface area (Å²) in [5.41, 5.74) is 1.34. The van der Waals surface area contributed by atoms with Gasteiger partial charge in [0.1, 0.15) is 5.82 Å². The second-order valence-electron chi connectivity index (χ2n) is 7.01. The van der Waals surface area contributed by atoms with E-state index < -0.39 is 5.92 Å². The van der Waals surface area contributed by atoms with Crippen LogP contribution < -0.4 is 5.32 Å². The van der Waals surface area contributed by atoms with Crippen molar-refractivity contribution in [1.29, 1.82) is 0 Å². The van der Waals surface area contributed by atoms with Gasteiger partial charge in [0.25, 0.3) is 5.91 Å². The Balaban J connectivity index is 1.87. The lowest BCUT2D eigenvalue weighted by Gasteiger charge is -2.19. The van der Waals surface area contributed by atoms with Crippen LogP contribution >= 0.6 is 0 Å². The molecule has 5 heteroatoms. The average Bonchev–Trinajstić information content (AvgIpc) is 3.07. The van der Waals surface area contributed by atoms with Crippen molar-refractivity contribution in [2.24, 2.45) is 5.92 Å². The van der Waals surface area contributed by atoms with Gasteiger partial charge in [-0.25, -0.2) is 4.39 Å². The van der Waals surface area contributed by atoms with Gasteiger partial charge >= 0.3 is 0 Å². The van der Waals surface area contributed by atoms with Crippen LogP contribution in [0.2, 0.25) is 0 Å². The molecule has 136 valence electrons. The first-order valence-electron chi connectivity index (χ1n) is 8.86. The number of nitrogens with zero attached hydrogens (tertiary/aromatic N) is 1. The van der Waals surface area contributed by atoms with Crippen LogP contribution in [0.15, 0.2) is 54.6 Å². The molecule has 2 amide bonds. The summed E-state index contributed by atoms with van der Waals surface area (Å²) in [7, 11) is 0. The molecule has 1 saturated heterocycles. The van der Waals surface area contributed by atoms with Crippen molar-refractivity contribution < 1.29 is 14.0 Å². The van der Waals surface area contributed by atoms with Crippen LogP contribution in [0.5, 0.6) is 0 Å². The second-order valence-corrected chi connectivity index (χ2v) is 7.01. The zero-order valence-corrected chi connectivity index (χ0v) is 15.0. The summed E-state index contributed by atoms with van der Waals surface area (Å²) < 4.78 is 13.7. The molecule has 1 aliphatic rings. The zero-order chi connectivity index (χ0) is 18.7. The van der Waals surface area contributed by atoms with Gasteiger partial charge in [-0.15, -0.1) is 0 Å². The van der Waals surface area contributed by atoms with Gasteiger partial charge in [0.2, 0.25) is 5.91 Å². The fourth-order valence-electron chi connectivity index (χ4n) is 3.47. The molecule has 1 heterocycles. The number of hydrogen-bond acceptors (Lipinski definition) is 2. The Hall–Kier alpha value is -2.69. The summed E-state index contributed by atoms with van der Waals surface area (Å²) in [6, 6.07) is 15.3. The summed E-state index contributed by atoms with van der Waals surface area (Å²) in [4.78, 5) is 27.2. The predicted octanol–water partition coefficient (Wildman–Crippen LogP) is 3.21. The van der Waals surface area contributed by atoms with E-state index in [2.05, 4.69) is 5.32 Å². The average molecular weight is 354 g/mol. The van der Waals surface area contributed by atoms with Gasteiger partial charge in [-0.2, -0.15) is 0 Å². The minimum Gasteiger partial charge on any atom is -0.354 e. The molecular weight excluding hydrogens is 331 g/mol. The summed E-state index contributed by atoms with van der Waals surface area (Å²) in [6.07, 6.45) is 0. The number of likely N-dealkylation sites (tertiary alicyclic amines) is 1. The number of carbonyl (C=O) groups is 2. The molecule has 0 bridgehead atoms. The van der Waals surface area contributed by atoms with Crippen molar-refractivity contribution in [2.75, 3.05) is 13.1 Å². The Morgan fingerprint density at radius 3 is 2.46 bits per heavy atom. The van der Waals surface area contributed by atoms with Crippen LogP contribution in [0, 0.1) is 11.7 Å². The molecule has 26 heavy (non-hydrogen) atoms. The zero-order valence-electron chi connectivity index (χ0n) is 15.0. The number of nitrogens with one attached hydrogen (secondary N) is 1. The lowest BCUT2D eigenvalue weighted by molar-refractivity contribution is -0.125. The summed E-state index contributed by atoms with van der Waals surface area (Å²) in [6.45, 7) is 4.52. The molecule has 2 atom stereocenters. The number of benzene rings is 2. The van der Waals surface area contributed by atoms with Gasteiger partial charge < -0.3 is 10.2 Å². The first-order chi connectivity index (χ1) is 12.5. The van der Waals surface area contributed by atoms with E-state index in [1.165, 1.54) is 12.1 Å². The minimum absolute atomic E-state index is 0.00883. The van der Waals surface area contributed by atoms with Gasteiger partial charge in [-0.1, -0.05) is 30.3 Å². The molecule has 2 aromatic rings. The highest BCUT2D eigenvalue weighted by molar-refractivity contribution is 5.95. The molecule has 0 aliphatic carbocycles. The van der Waals surface area contributed by atoms with Gasteiger partial charge in [-0.3, -0.25) is 9.59 Å². The SMILES string of the molecule is CC(C)NC(=O)[C@@H]1CN(C(=O)c2ccccc2)C[C@H]1c1cccc(F)c1. The first-order valence-corrected chi connectivity index (χ1v) is 8.86. The highest BCUT2D eigenvalue weighted by Gasteiger charge is 2.40. The number of amides is 2. The third-order valence-corrected chi connectivity index (χ3v) is 4.67. The van der Waals surface area contributed by atoms with E-state index >= 15 is 0 Å². The van der Waals surface area contributed by atoms with Gasteiger partial charge in [0.15, 0.2) is 0 Å². The van der Waals surface area contributed by atoms with Gasteiger partial charge in [0.05, 0.1) is 5.92 Å². The third-order valence-electron chi connectivity index (χ3n) is 4.67. The van der Waals surface area contributed by atoms with E-state index in [1.54, 1.807) is 23.1 Å². The van der Waals surface area contributed by atoms with Crippen LogP contribution in [0.3, 0.4) is 0 Å². The fourth-order valence-corrected chi connectivity index (χ4v) is 3.47. The Bertz CT molecular complexity index is 792. The molecule has 0 unspecified atom stereocenters. The topological polar surface area (TPSA) is 49.4 Å². The largest absolute Gasteiger partial charge is 0.354 e. The van der Waals surface area contributed by atoms with E-state index in [0.717, 1.165) is 5.56 Å². The molecule has 1 aliphatic heterocycles. The minimum atomic E-state index is -0.396. The molecule has 3 rings (SSSR count). The lowest BCUT2D eigenvalue weighted by atomic mass is 9.88. The van der Waals surface area contributed by atoms with E-state index in [1.807, 2.05) is 38.1 Å². The normalized spacial score (nSPS) is 19.6. The van der Waals surface area contributed by atoms with Gasteiger partial charge in [-0.05, 0) is 43.7 Å². The molecule has 1 fully saturated rings. The Kier molecular flexibility index (Phi) is 5.35. The maximum atomic E-state index is 13.7. The molecule has 0 aromatic heterocycles. The second kappa shape index (κ2) is 7.68. The maximum absolute atomic E-state index is 13.7. The van der Waals surface area contributed by atoms with Crippen molar-refractivity contribution in [3.8, 4) is 0 Å². The van der Waals surface area contributed by atoms with Crippen molar-refractivity contribution >= 4 is 11.8 Å². The van der Waals surface area contributed by atoms with Crippen molar-refractivity contribution in [3.63, 3.8) is 0 Å². The fraction of sp³-hybridized carbons (Fsp3) is 0.333. The van der Waals surface area contributed by atoms with Crippen LogP contribution in [0.25, 0.3) is 0 Å². The highest BCUT2D eigenvalue weighted by Crippen LogP contribution is 2.34. The third kappa shape index (κ3) is 3.93. The van der Waals surface area contributed by atoms with E-state index in [0.29, 0.717) is 18.7 Å². The monoisotopic (exact) mass is 354 g/mol. The molecule has 1 N–H and O–H groups in total. The van der Waals surface area contributed by atoms with Crippen molar-refractivity contribution in [1.82, 2.24) is 10.2 Å². The van der Waals surface area contributed by atoms with Crippen LogP contribution in [-0.2, 0) is 4.79 Å². The van der Waals surface area contributed by atoms with Crippen molar-refractivity contribution in [2.45, 2.75) is 25.8 Å². The smallest absolute Gasteiger partial charge is 0.253 e. The van der Waals surface area contributed by atoms with E-state index in [-0.39, 0.29) is 29.6 Å². The molecule has 0 spiro atoms. The number of halogens is 1. The predicted molar refractivity (Wildman–Crippen MR) is 98.3 cm³/mol. The summed E-state index contributed by atoms with van der Waals surface area (Å²) >= 11 is 0. The number of hydrogen-bond donors (Lipinski definition) is 1. The van der Waals surface area contributed by atoms with E-state index in [4.69, 9.17) is 0 Å². The Morgan fingerprint density at radius 2 is 1.81 bits per heavy atom. The highest BCUT2D eigenvalue weighted by atomic mass is 19.1. The van der Waals surface area contributed by atoms with E-state index in [9.17, 15) is 14.0 Å². The maximum Gasteiger partial charge on any atom is 0.253 e. The Labute approximate surface area is 153 Å². The van der Waals surface area contributed by atoms with Gasteiger partial charge in [0, 0.05) is 30.6 Å². The quantitative estimate of drug-likeness (QED) is 0.917. The first kappa shape index (κ1) is 18.1. The molecule has 0 saturated carbocycles. The number of carbonyl (C=O) groups excluding carboxylic acids is 2.